The van der Waals surface area contributed by atoms with E-state index < -0.39 is 17.4 Å². The molecule has 11 heteroatoms. The van der Waals surface area contributed by atoms with Crippen molar-refractivity contribution >= 4 is 40.3 Å². The fourth-order valence-electron chi connectivity index (χ4n) is 4.05. The van der Waals surface area contributed by atoms with Crippen LogP contribution in [0.25, 0.3) is 11.2 Å². The number of nitrogens with one attached hydrogen (secondary N) is 1. The second kappa shape index (κ2) is 9.17. The number of hydrogen-bond donors (Lipinski definition) is 2. The molecule has 0 bridgehead atoms. The first-order valence-electron chi connectivity index (χ1n) is 10.4. The van der Waals surface area contributed by atoms with Crippen molar-refractivity contribution in [3.05, 3.63) is 49.1 Å². The number of aliphatic hydroxyl groups excluding tert-OH is 1. The van der Waals surface area contributed by atoms with E-state index in [1.807, 2.05) is 0 Å². The molecule has 0 amide bonds. The van der Waals surface area contributed by atoms with E-state index in [4.69, 9.17) is 27.9 Å². The Bertz CT molecular complexity index is 1250. The van der Waals surface area contributed by atoms with Gasteiger partial charge in [-0.05, 0) is 37.0 Å². The van der Waals surface area contributed by atoms with Crippen LogP contribution < -0.4 is 20.9 Å². The Labute approximate surface area is 194 Å². The average Bonchev–Trinajstić information content (AvgIpc) is 3.11. The van der Waals surface area contributed by atoms with Crippen molar-refractivity contribution in [3.8, 4) is 5.75 Å². The smallest absolute Gasteiger partial charge is 0.329 e. The Hall–Kier alpha value is -2.49. The van der Waals surface area contributed by atoms with Crippen molar-refractivity contribution in [1.82, 2.24) is 19.1 Å². The number of rotatable bonds is 6. The van der Waals surface area contributed by atoms with Gasteiger partial charge in [0.05, 0.1) is 11.6 Å². The summed E-state index contributed by atoms with van der Waals surface area (Å²) < 4.78 is 8.64. The Morgan fingerprint density at radius 1 is 1.34 bits per heavy atom. The number of H-pyrrole nitrogens is 1. The van der Waals surface area contributed by atoms with Gasteiger partial charge in [0.25, 0.3) is 5.56 Å². The van der Waals surface area contributed by atoms with Crippen molar-refractivity contribution in [3.63, 3.8) is 0 Å². The van der Waals surface area contributed by atoms with Crippen LogP contribution in [-0.2, 0) is 13.6 Å². The largest absolute Gasteiger partial charge is 0.489 e. The lowest BCUT2D eigenvalue weighted by Crippen LogP contribution is -2.37. The number of aromatic amines is 1. The zero-order chi connectivity index (χ0) is 23.0. The van der Waals surface area contributed by atoms with E-state index in [2.05, 4.69) is 21.8 Å². The maximum Gasteiger partial charge on any atom is 0.329 e. The molecule has 2 atom stereocenters. The standard InChI is InChI=1S/C21H25Cl2N5O4/c1-12-4-3-7-27(9-12)20-24-18-17(19(30)25-21(31)26(18)2)28(20)10-14(29)11-32-16-6-5-13(22)8-15(16)23/h5-6,8,12,14,29H,3-4,7,9-11H2,1-2H3,(H,25,30,31)/t12-,14-/m1/s1. The van der Waals surface area contributed by atoms with Crippen LogP contribution in [0.2, 0.25) is 10.0 Å². The SMILES string of the molecule is C[C@@H]1CCCN(c2nc3c(c(=O)[nH]c(=O)n3C)n2C[C@@H](O)COc2ccc(Cl)cc2Cl)C1. The Kier molecular flexibility index (Phi) is 6.50. The lowest BCUT2D eigenvalue weighted by molar-refractivity contribution is 0.0936. The molecule has 0 radical (unpaired) electrons. The van der Waals surface area contributed by atoms with Crippen LogP contribution in [0, 0.1) is 5.92 Å². The number of aromatic nitrogens is 4. The molecule has 2 N–H and O–H groups in total. The van der Waals surface area contributed by atoms with Gasteiger partial charge in [-0.1, -0.05) is 30.1 Å². The third-order valence-corrected chi connectivity index (χ3v) is 6.18. The van der Waals surface area contributed by atoms with Crippen molar-refractivity contribution in [2.45, 2.75) is 32.4 Å². The highest BCUT2D eigenvalue weighted by molar-refractivity contribution is 6.35. The highest BCUT2D eigenvalue weighted by Gasteiger charge is 2.26. The van der Waals surface area contributed by atoms with E-state index in [1.54, 1.807) is 29.8 Å². The van der Waals surface area contributed by atoms with E-state index >= 15 is 0 Å². The summed E-state index contributed by atoms with van der Waals surface area (Å²) in [5.41, 5.74) is -0.558. The van der Waals surface area contributed by atoms with Gasteiger partial charge in [0.2, 0.25) is 5.95 Å². The van der Waals surface area contributed by atoms with E-state index in [-0.39, 0.29) is 24.3 Å². The van der Waals surface area contributed by atoms with Crippen molar-refractivity contribution in [2.24, 2.45) is 13.0 Å². The topological polar surface area (TPSA) is 105 Å². The highest BCUT2D eigenvalue weighted by atomic mass is 35.5. The molecule has 0 spiro atoms. The molecule has 1 fully saturated rings. The minimum Gasteiger partial charge on any atom is -0.489 e. The number of imidazole rings is 1. The van der Waals surface area contributed by atoms with E-state index in [9.17, 15) is 14.7 Å². The number of anilines is 1. The summed E-state index contributed by atoms with van der Waals surface area (Å²) in [5, 5.41) is 11.6. The molecule has 1 saturated heterocycles. The van der Waals surface area contributed by atoms with Crippen molar-refractivity contribution < 1.29 is 9.84 Å². The number of piperidine rings is 1. The van der Waals surface area contributed by atoms with Gasteiger partial charge >= 0.3 is 5.69 Å². The van der Waals surface area contributed by atoms with Gasteiger partial charge in [0.15, 0.2) is 11.2 Å². The van der Waals surface area contributed by atoms with Gasteiger partial charge in [0, 0.05) is 25.2 Å². The molecule has 9 nitrogen and oxygen atoms in total. The maximum atomic E-state index is 12.7. The lowest BCUT2D eigenvalue weighted by Gasteiger charge is -2.32. The Balaban J connectivity index is 1.66. The van der Waals surface area contributed by atoms with Gasteiger partial charge in [-0.3, -0.25) is 14.3 Å². The number of ether oxygens (including phenoxy) is 1. The number of fused-ring (bicyclic) bond motifs is 1. The summed E-state index contributed by atoms with van der Waals surface area (Å²) in [6.07, 6.45) is 1.16. The predicted octanol–water partition coefficient (Wildman–Crippen LogP) is 2.41. The molecule has 0 unspecified atom stereocenters. The number of benzene rings is 1. The molecular formula is C21H25Cl2N5O4. The van der Waals surface area contributed by atoms with E-state index in [0.717, 1.165) is 25.9 Å². The van der Waals surface area contributed by atoms with Crippen LogP contribution in [0.1, 0.15) is 19.8 Å². The average molecular weight is 482 g/mol. The second-order valence-corrected chi connectivity index (χ2v) is 9.09. The summed E-state index contributed by atoms with van der Waals surface area (Å²) in [6.45, 7) is 3.73. The molecule has 32 heavy (non-hydrogen) atoms. The van der Waals surface area contributed by atoms with E-state index in [0.29, 0.717) is 27.7 Å². The predicted molar refractivity (Wildman–Crippen MR) is 124 cm³/mol. The fourth-order valence-corrected chi connectivity index (χ4v) is 4.51. The summed E-state index contributed by atoms with van der Waals surface area (Å²) in [7, 11) is 1.56. The maximum absolute atomic E-state index is 12.7. The zero-order valence-corrected chi connectivity index (χ0v) is 19.4. The number of aliphatic hydroxyl groups is 1. The number of hydrogen-bond acceptors (Lipinski definition) is 6. The first kappa shape index (κ1) is 22.7. The first-order chi connectivity index (χ1) is 15.2. The second-order valence-electron chi connectivity index (χ2n) is 8.25. The molecule has 4 rings (SSSR count). The van der Waals surface area contributed by atoms with Gasteiger partial charge in [-0.2, -0.15) is 4.98 Å². The minimum atomic E-state index is -0.961. The molecule has 1 aliphatic rings. The monoisotopic (exact) mass is 481 g/mol. The molecule has 2 aromatic heterocycles. The fraction of sp³-hybridized carbons (Fsp3) is 0.476. The summed E-state index contributed by atoms with van der Waals surface area (Å²) >= 11 is 12.0. The number of nitrogens with zero attached hydrogens (tertiary/aromatic N) is 4. The third-order valence-electron chi connectivity index (χ3n) is 5.65. The molecule has 3 aromatic rings. The number of halogens is 2. The van der Waals surface area contributed by atoms with Crippen LogP contribution in [0.15, 0.2) is 27.8 Å². The van der Waals surface area contributed by atoms with Gasteiger partial charge in [-0.25, -0.2) is 4.79 Å². The summed E-state index contributed by atoms with van der Waals surface area (Å²) in [5.74, 6) is 1.43. The molecule has 1 aromatic carbocycles. The summed E-state index contributed by atoms with van der Waals surface area (Å²) in [4.78, 5) is 33.8. The molecule has 0 aliphatic carbocycles. The van der Waals surface area contributed by atoms with Crippen molar-refractivity contribution in [2.75, 3.05) is 24.6 Å². The van der Waals surface area contributed by atoms with Gasteiger partial charge < -0.3 is 19.3 Å². The van der Waals surface area contributed by atoms with Gasteiger partial charge in [0.1, 0.15) is 18.5 Å². The van der Waals surface area contributed by atoms with Crippen LogP contribution in [0.3, 0.4) is 0 Å². The molecule has 1 aliphatic heterocycles. The molecule has 0 saturated carbocycles. The number of aryl methyl sites for hydroxylation is 1. The highest BCUT2D eigenvalue weighted by Crippen LogP contribution is 2.28. The first-order valence-corrected chi connectivity index (χ1v) is 11.2. The zero-order valence-electron chi connectivity index (χ0n) is 17.8. The lowest BCUT2D eigenvalue weighted by atomic mass is 10.0. The minimum absolute atomic E-state index is 0.0550. The van der Waals surface area contributed by atoms with Crippen LogP contribution in [0.4, 0.5) is 5.95 Å². The van der Waals surface area contributed by atoms with Crippen molar-refractivity contribution in [1.29, 1.82) is 0 Å². The Morgan fingerprint density at radius 2 is 2.12 bits per heavy atom. The third kappa shape index (κ3) is 4.51. The summed E-state index contributed by atoms with van der Waals surface area (Å²) in [6, 6.07) is 4.84. The van der Waals surface area contributed by atoms with Crippen LogP contribution in [-0.4, -0.2) is 50.0 Å². The molecule has 3 heterocycles. The normalized spacial score (nSPS) is 17.7. The quantitative estimate of drug-likeness (QED) is 0.559. The van der Waals surface area contributed by atoms with E-state index in [1.165, 1.54) is 4.57 Å². The molecular weight excluding hydrogens is 457 g/mol. The van der Waals surface area contributed by atoms with Crippen LogP contribution in [0.5, 0.6) is 5.75 Å². The Morgan fingerprint density at radius 3 is 2.84 bits per heavy atom. The van der Waals surface area contributed by atoms with Gasteiger partial charge in [-0.15, -0.1) is 0 Å². The molecule has 172 valence electrons. The van der Waals surface area contributed by atoms with Crippen LogP contribution >= 0.6 is 23.2 Å².